The molecule has 1 heterocycles. The van der Waals surface area contributed by atoms with Gasteiger partial charge in [-0.25, -0.2) is 0 Å². The van der Waals surface area contributed by atoms with Crippen molar-refractivity contribution in [2.45, 2.75) is 71.8 Å². The molecule has 0 spiro atoms. The Bertz CT molecular complexity index is 255. The minimum atomic E-state index is 0.376. The molecule has 2 atom stereocenters. The summed E-state index contributed by atoms with van der Waals surface area (Å²) in [7, 11) is 0. The molecule has 0 aromatic rings. The fraction of sp³-hybridized carbons (Fsp3) is 0.938. The van der Waals surface area contributed by atoms with Crippen molar-refractivity contribution in [3.05, 3.63) is 0 Å². The minimum Gasteiger partial charge on any atom is -0.343 e. The van der Waals surface area contributed by atoms with Crippen molar-refractivity contribution in [2.24, 2.45) is 5.92 Å². The zero-order valence-corrected chi connectivity index (χ0v) is 13.1. The van der Waals surface area contributed by atoms with Gasteiger partial charge in [-0.3, -0.25) is 4.79 Å². The molecule has 1 saturated heterocycles. The number of carbonyl (C=O) groups is 1. The molecule has 0 aliphatic carbocycles. The van der Waals surface area contributed by atoms with E-state index in [-0.39, 0.29) is 0 Å². The van der Waals surface area contributed by atoms with E-state index in [2.05, 4.69) is 31.0 Å². The lowest BCUT2D eigenvalue weighted by molar-refractivity contribution is -0.130. The van der Waals surface area contributed by atoms with Gasteiger partial charge in [0.15, 0.2) is 0 Å². The number of rotatable bonds is 8. The number of likely N-dealkylation sites (tertiary alicyclic amines) is 1. The van der Waals surface area contributed by atoms with E-state index in [0.29, 0.717) is 11.9 Å². The number of carbonyl (C=O) groups excluding carboxylic acids is 1. The molecule has 0 aromatic heterocycles. The molecular weight excluding hydrogens is 236 g/mol. The van der Waals surface area contributed by atoms with E-state index in [4.69, 9.17) is 0 Å². The van der Waals surface area contributed by atoms with Crippen LogP contribution in [0, 0.1) is 5.92 Å². The molecule has 2 unspecified atom stereocenters. The van der Waals surface area contributed by atoms with Gasteiger partial charge in [-0.15, -0.1) is 0 Å². The molecule has 0 radical (unpaired) electrons. The van der Waals surface area contributed by atoms with E-state index in [1.807, 2.05) is 0 Å². The normalized spacial score (nSPS) is 22.4. The fourth-order valence-electron chi connectivity index (χ4n) is 2.87. The number of amides is 1. The van der Waals surface area contributed by atoms with Gasteiger partial charge in [0.1, 0.15) is 0 Å². The maximum absolute atomic E-state index is 12.1. The largest absolute Gasteiger partial charge is 0.343 e. The van der Waals surface area contributed by atoms with E-state index < -0.39 is 0 Å². The van der Waals surface area contributed by atoms with Crippen LogP contribution < -0.4 is 5.32 Å². The predicted octanol–water partition coefficient (Wildman–Crippen LogP) is 3.19. The van der Waals surface area contributed by atoms with E-state index in [0.717, 1.165) is 44.8 Å². The minimum absolute atomic E-state index is 0.376. The number of hydrogen-bond donors (Lipinski definition) is 1. The summed E-state index contributed by atoms with van der Waals surface area (Å²) in [6.07, 6.45) is 7.85. The molecule has 112 valence electrons. The van der Waals surface area contributed by atoms with E-state index in [1.165, 1.54) is 25.7 Å². The van der Waals surface area contributed by atoms with E-state index >= 15 is 0 Å². The van der Waals surface area contributed by atoms with Gasteiger partial charge in [-0.05, 0) is 45.1 Å². The Kier molecular flexibility index (Phi) is 8.11. The van der Waals surface area contributed by atoms with Crippen LogP contribution in [0.2, 0.25) is 0 Å². The second-order valence-corrected chi connectivity index (χ2v) is 6.01. The zero-order valence-electron chi connectivity index (χ0n) is 13.1. The highest BCUT2D eigenvalue weighted by Gasteiger charge is 2.21. The van der Waals surface area contributed by atoms with Gasteiger partial charge in [-0.1, -0.05) is 26.7 Å². The van der Waals surface area contributed by atoms with Crippen LogP contribution in [0.15, 0.2) is 0 Å². The molecule has 1 N–H and O–H groups in total. The zero-order chi connectivity index (χ0) is 14.1. The van der Waals surface area contributed by atoms with Crippen molar-refractivity contribution in [2.75, 3.05) is 19.6 Å². The fourth-order valence-corrected chi connectivity index (χ4v) is 2.87. The summed E-state index contributed by atoms with van der Waals surface area (Å²) in [5.41, 5.74) is 0. The van der Waals surface area contributed by atoms with Crippen molar-refractivity contribution in [3.63, 3.8) is 0 Å². The first-order valence-electron chi connectivity index (χ1n) is 8.18. The molecule has 1 aliphatic rings. The van der Waals surface area contributed by atoms with Gasteiger partial charge in [-0.2, -0.15) is 0 Å². The maximum atomic E-state index is 12.1. The van der Waals surface area contributed by atoms with Gasteiger partial charge in [0.25, 0.3) is 0 Å². The summed E-state index contributed by atoms with van der Waals surface area (Å²) in [4.78, 5) is 14.2. The first-order valence-corrected chi connectivity index (χ1v) is 8.18. The molecule has 1 amide bonds. The topological polar surface area (TPSA) is 32.3 Å². The summed E-state index contributed by atoms with van der Waals surface area (Å²) in [6.45, 7) is 9.63. The number of hydrogen-bond acceptors (Lipinski definition) is 2. The molecule has 0 aromatic carbocycles. The molecule has 1 rings (SSSR count). The highest BCUT2D eigenvalue weighted by Crippen LogP contribution is 2.22. The van der Waals surface area contributed by atoms with Crippen LogP contribution in [-0.4, -0.2) is 36.5 Å². The van der Waals surface area contributed by atoms with Crippen LogP contribution in [0.5, 0.6) is 0 Å². The lowest BCUT2D eigenvalue weighted by atomic mass is 9.96. The third kappa shape index (κ3) is 6.42. The lowest BCUT2D eigenvalue weighted by Crippen LogP contribution is -2.36. The summed E-state index contributed by atoms with van der Waals surface area (Å²) in [5, 5.41) is 3.49. The average molecular weight is 268 g/mol. The summed E-state index contributed by atoms with van der Waals surface area (Å²) in [5.74, 6) is 1.15. The van der Waals surface area contributed by atoms with Crippen molar-refractivity contribution >= 4 is 5.91 Å². The Morgan fingerprint density at radius 3 is 2.79 bits per heavy atom. The van der Waals surface area contributed by atoms with Crippen LogP contribution in [0.25, 0.3) is 0 Å². The van der Waals surface area contributed by atoms with E-state index in [9.17, 15) is 4.79 Å². The Balaban J connectivity index is 2.30. The highest BCUT2D eigenvalue weighted by molar-refractivity contribution is 5.76. The number of nitrogens with one attached hydrogen (secondary N) is 1. The van der Waals surface area contributed by atoms with Crippen LogP contribution in [-0.2, 0) is 4.79 Å². The average Bonchev–Trinajstić information content (AvgIpc) is 2.57. The smallest absolute Gasteiger partial charge is 0.222 e. The lowest BCUT2D eigenvalue weighted by Gasteiger charge is -2.23. The second-order valence-electron chi connectivity index (χ2n) is 6.01. The molecule has 1 fully saturated rings. The van der Waals surface area contributed by atoms with Gasteiger partial charge in [0.2, 0.25) is 5.91 Å². The van der Waals surface area contributed by atoms with Crippen molar-refractivity contribution in [3.8, 4) is 0 Å². The maximum Gasteiger partial charge on any atom is 0.222 e. The molecule has 19 heavy (non-hydrogen) atoms. The molecule has 3 nitrogen and oxygen atoms in total. The molecule has 0 saturated carbocycles. The monoisotopic (exact) mass is 268 g/mol. The quantitative estimate of drug-likeness (QED) is 0.733. The molecule has 3 heteroatoms. The van der Waals surface area contributed by atoms with Gasteiger partial charge >= 0.3 is 0 Å². The van der Waals surface area contributed by atoms with Crippen molar-refractivity contribution in [1.29, 1.82) is 0 Å². The summed E-state index contributed by atoms with van der Waals surface area (Å²) in [6, 6.07) is 0.516. The van der Waals surface area contributed by atoms with Crippen molar-refractivity contribution < 1.29 is 4.79 Å². The van der Waals surface area contributed by atoms with Gasteiger partial charge in [0, 0.05) is 25.6 Å². The Morgan fingerprint density at radius 2 is 2.11 bits per heavy atom. The van der Waals surface area contributed by atoms with Crippen LogP contribution >= 0.6 is 0 Å². The summed E-state index contributed by atoms with van der Waals surface area (Å²) < 4.78 is 0. The third-order valence-electron chi connectivity index (χ3n) is 4.20. The standard InChI is InChI=1S/C16H32N2O/c1-4-6-15-7-8-16(19)18(13-10-15)12-9-14(3)17-11-5-2/h14-15,17H,4-13H2,1-3H3. The SMILES string of the molecule is CCCNC(C)CCN1CCC(CCC)CCC1=O. The van der Waals surface area contributed by atoms with Gasteiger partial charge < -0.3 is 10.2 Å². The molecule has 0 bridgehead atoms. The third-order valence-corrected chi connectivity index (χ3v) is 4.20. The van der Waals surface area contributed by atoms with Crippen LogP contribution in [0.1, 0.15) is 65.7 Å². The number of nitrogens with zero attached hydrogens (tertiary/aromatic N) is 1. The van der Waals surface area contributed by atoms with Crippen LogP contribution in [0.4, 0.5) is 0 Å². The Labute approximate surface area is 119 Å². The predicted molar refractivity (Wildman–Crippen MR) is 81.2 cm³/mol. The molecule has 1 aliphatic heterocycles. The van der Waals surface area contributed by atoms with Crippen molar-refractivity contribution in [1.82, 2.24) is 10.2 Å². The van der Waals surface area contributed by atoms with Crippen LogP contribution in [0.3, 0.4) is 0 Å². The molecular formula is C16H32N2O. The second kappa shape index (κ2) is 9.35. The van der Waals surface area contributed by atoms with E-state index in [1.54, 1.807) is 0 Å². The first kappa shape index (κ1) is 16.5. The highest BCUT2D eigenvalue weighted by atomic mass is 16.2. The first-order chi connectivity index (χ1) is 9.17. The Morgan fingerprint density at radius 1 is 1.32 bits per heavy atom. The van der Waals surface area contributed by atoms with Gasteiger partial charge in [0.05, 0.1) is 0 Å². The summed E-state index contributed by atoms with van der Waals surface area (Å²) >= 11 is 0. The Hall–Kier alpha value is -0.570.